The van der Waals surface area contributed by atoms with Crippen molar-refractivity contribution in [2.45, 2.75) is 36.3 Å². The van der Waals surface area contributed by atoms with Gasteiger partial charge in [-0.25, -0.2) is 12.7 Å². The topological polar surface area (TPSA) is 97.5 Å². The van der Waals surface area contributed by atoms with Gasteiger partial charge in [-0.2, -0.15) is 4.37 Å². The molecular weight excluding hydrogens is 300 g/mol. The standard InChI is InChI=1S/C11H20N4O3S2/c1-15(2)20(16,17)9-10(12)14-19-11(9)13-7-5-4-6-8(7)18-3/h7-8,13H,4-6H2,1-3H3,(H2,12,14). The van der Waals surface area contributed by atoms with Gasteiger partial charge in [0.1, 0.15) is 5.00 Å². The number of rotatable bonds is 5. The van der Waals surface area contributed by atoms with Crippen LogP contribution in [0.3, 0.4) is 0 Å². The first kappa shape index (κ1) is 15.5. The second-order valence-electron chi connectivity index (χ2n) is 4.97. The molecule has 0 bridgehead atoms. The molecular formula is C11H20N4O3S2. The minimum absolute atomic E-state index is 0.0400. The highest BCUT2D eigenvalue weighted by Gasteiger charge is 2.32. The molecule has 1 saturated carbocycles. The van der Waals surface area contributed by atoms with Crippen molar-refractivity contribution in [1.82, 2.24) is 8.68 Å². The molecule has 1 aliphatic rings. The number of nitrogens with zero attached hydrogens (tertiary/aromatic N) is 2. The van der Waals surface area contributed by atoms with Crippen LogP contribution in [0.2, 0.25) is 0 Å². The second kappa shape index (κ2) is 5.84. The summed E-state index contributed by atoms with van der Waals surface area (Å²) in [6.07, 6.45) is 3.06. The molecule has 1 fully saturated rings. The van der Waals surface area contributed by atoms with E-state index in [1.165, 1.54) is 14.1 Å². The summed E-state index contributed by atoms with van der Waals surface area (Å²) in [4.78, 5) is 0.0641. The van der Waals surface area contributed by atoms with E-state index < -0.39 is 10.0 Å². The zero-order chi connectivity index (χ0) is 14.9. The van der Waals surface area contributed by atoms with E-state index in [0.717, 1.165) is 35.1 Å². The van der Waals surface area contributed by atoms with Gasteiger partial charge < -0.3 is 15.8 Å². The Balaban J connectivity index is 2.30. The van der Waals surface area contributed by atoms with Gasteiger partial charge in [-0.1, -0.05) is 0 Å². The molecule has 1 aromatic heterocycles. The SMILES string of the molecule is COC1CCCC1Nc1snc(N)c1S(=O)(=O)N(C)C. The minimum atomic E-state index is -3.61. The fourth-order valence-electron chi connectivity index (χ4n) is 2.36. The number of nitrogen functional groups attached to an aromatic ring is 1. The first-order chi connectivity index (χ1) is 9.37. The van der Waals surface area contributed by atoms with Crippen LogP contribution in [0.15, 0.2) is 4.90 Å². The Bertz CT molecular complexity index is 570. The zero-order valence-corrected chi connectivity index (χ0v) is 13.4. The zero-order valence-electron chi connectivity index (χ0n) is 11.8. The predicted octanol–water partition coefficient (Wildman–Crippen LogP) is 0.955. The van der Waals surface area contributed by atoms with Crippen molar-refractivity contribution >= 4 is 32.4 Å². The van der Waals surface area contributed by atoms with E-state index in [2.05, 4.69) is 9.69 Å². The Kier molecular flexibility index (Phi) is 4.52. The lowest BCUT2D eigenvalue weighted by molar-refractivity contribution is 0.101. The smallest absolute Gasteiger partial charge is 0.249 e. The summed E-state index contributed by atoms with van der Waals surface area (Å²) in [6, 6.07) is 0.0935. The van der Waals surface area contributed by atoms with Gasteiger partial charge in [0.05, 0.1) is 12.1 Å². The third kappa shape index (κ3) is 2.76. The van der Waals surface area contributed by atoms with Crippen molar-refractivity contribution in [2.75, 3.05) is 32.3 Å². The number of sulfonamides is 1. The highest BCUT2D eigenvalue weighted by atomic mass is 32.2. The van der Waals surface area contributed by atoms with E-state index in [1.807, 2.05) is 0 Å². The molecule has 2 atom stereocenters. The maximum Gasteiger partial charge on any atom is 0.249 e. The van der Waals surface area contributed by atoms with Crippen LogP contribution in [0.25, 0.3) is 0 Å². The second-order valence-corrected chi connectivity index (χ2v) is 7.83. The van der Waals surface area contributed by atoms with Gasteiger partial charge in [0.15, 0.2) is 10.7 Å². The third-order valence-corrected chi connectivity index (χ3v) is 6.30. The summed E-state index contributed by atoms with van der Waals surface area (Å²) in [5.41, 5.74) is 5.73. The highest BCUT2D eigenvalue weighted by molar-refractivity contribution is 7.89. The van der Waals surface area contributed by atoms with Crippen LogP contribution in [-0.4, -0.2) is 50.4 Å². The Morgan fingerprint density at radius 1 is 1.45 bits per heavy atom. The number of methoxy groups -OCH3 is 1. The number of hydrogen-bond donors (Lipinski definition) is 2. The fourth-order valence-corrected chi connectivity index (χ4v) is 4.49. The maximum atomic E-state index is 12.3. The summed E-state index contributed by atoms with van der Waals surface area (Å²) >= 11 is 1.07. The molecule has 0 spiro atoms. The summed E-state index contributed by atoms with van der Waals surface area (Å²) in [6.45, 7) is 0. The lowest BCUT2D eigenvalue weighted by Gasteiger charge is -2.21. The van der Waals surface area contributed by atoms with Crippen molar-refractivity contribution in [1.29, 1.82) is 0 Å². The molecule has 114 valence electrons. The number of ether oxygens (including phenoxy) is 1. The Morgan fingerprint density at radius 3 is 2.75 bits per heavy atom. The van der Waals surface area contributed by atoms with Gasteiger partial charge in [0, 0.05) is 21.2 Å². The van der Waals surface area contributed by atoms with Crippen molar-refractivity contribution in [3.05, 3.63) is 0 Å². The van der Waals surface area contributed by atoms with Crippen LogP contribution >= 0.6 is 11.5 Å². The molecule has 3 N–H and O–H groups in total. The molecule has 7 nitrogen and oxygen atoms in total. The lowest BCUT2D eigenvalue weighted by Crippen LogP contribution is -2.31. The molecule has 1 aliphatic carbocycles. The molecule has 2 rings (SSSR count). The number of nitrogens with two attached hydrogens (primary N) is 1. The van der Waals surface area contributed by atoms with Crippen molar-refractivity contribution in [2.24, 2.45) is 0 Å². The number of hydrogen-bond acceptors (Lipinski definition) is 7. The predicted molar refractivity (Wildman–Crippen MR) is 79.5 cm³/mol. The average molecular weight is 320 g/mol. The molecule has 1 heterocycles. The number of anilines is 2. The van der Waals surface area contributed by atoms with Crippen molar-refractivity contribution < 1.29 is 13.2 Å². The molecule has 0 aromatic carbocycles. The average Bonchev–Trinajstić information content (AvgIpc) is 2.96. The van der Waals surface area contributed by atoms with Gasteiger partial charge in [0.2, 0.25) is 10.0 Å². The van der Waals surface area contributed by atoms with Crippen LogP contribution in [0.4, 0.5) is 10.8 Å². The molecule has 0 radical (unpaired) electrons. The molecule has 2 unspecified atom stereocenters. The molecule has 1 aromatic rings. The van der Waals surface area contributed by atoms with Crippen molar-refractivity contribution in [3.8, 4) is 0 Å². The van der Waals surface area contributed by atoms with E-state index in [4.69, 9.17) is 10.5 Å². The lowest BCUT2D eigenvalue weighted by atomic mass is 10.2. The van der Waals surface area contributed by atoms with Gasteiger partial charge in [-0.15, -0.1) is 0 Å². The van der Waals surface area contributed by atoms with E-state index in [9.17, 15) is 8.42 Å². The van der Waals surface area contributed by atoms with Crippen LogP contribution in [0.5, 0.6) is 0 Å². The monoisotopic (exact) mass is 320 g/mol. The molecule has 0 saturated heterocycles. The minimum Gasteiger partial charge on any atom is -0.382 e. The third-order valence-electron chi connectivity index (χ3n) is 3.48. The number of nitrogens with one attached hydrogen (secondary N) is 1. The largest absolute Gasteiger partial charge is 0.382 e. The Labute approximate surface area is 123 Å². The molecule has 0 aliphatic heterocycles. The van der Waals surface area contributed by atoms with Crippen LogP contribution in [0, 0.1) is 0 Å². The molecule has 9 heteroatoms. The van der Waals surface area contributed by atoms with Crippen molar-refractivity contribution in [3.63, 3.8) is 0 Å². The summed E-state index contributed by atoms with van der Waals surface area (Å²) in [5, 5.41) is 3.73. The van der Waals surface area contributed by atoms with Crippen LogP contribution in [-0.2, 0) is 14.8 Å². The quantitative estimate of drug-likeness (QED) is 0.838. The Morgan fingerprint density at radius 2 is 2.15 bits per heavy atom. The van der Waals surface area contributed by atoms with Crippen LogP contribution < -0.4 is 11.1 Å². The van der Waals surface area contributed by atoms with E-state index in [-0.39, 0.29) is 22.9 Å². The summed E-state index contributed by atoms with van der Waals surface area (Å²) < 4.78 is 35.1. The van der Waals surface area contributed by atoms with Gasteiger partial charge in [-0.3, -0.25) is 0 Å². The van der Waals surface area contributed by atoms with E-state index in [1.54, 1.807) is 7.11 Å². The van der Waals surface area contributed by atoms with Crippen LogP contribution in [0.1, 0.15) is 19.3 Å². The number of aromatic nitrogens is 1. The van der Waals surface area contributed by atoms with Gasteiger partial charge in [-0.05, 0) is 30.8 Å². The molecule has 20 heavy (non-hydrogen) atoms. The first-order valence-electron chi connectivity index (χ1n) is 6.35. The maximum absolute atomic E-state index is 12.3. The summed E-state index contributed by atoms with van der Waals surface area (Å²) in [7, 11) is 1.01. The fraction of sp³-hybridized carbons (Fsp3) is 0.727. The summed E-state index contributed by atoms with van der Waals surface area (Å²) in [5.74, 6) is 0.0400. The van der Waals surface area contributed by atoms with E-state index in [0.29, 0.717) is 5.00 Å². The highest BCUT2D eigenvalue weighted by Crippen LogP contribution is 2.35. The molecule has 0 amide bonds. The Hall–Kier alpha value is -0.900. The van der Waals surface area contributed by atoms with Gasteiger partial charge in [0.25, 0.3) is 0 Å². The normalized spacial score (nSPS) is 23.4. The van der Waals surface area contributed by atoms with E-state index >= 15 is 0 Å². The first-order valence-corrected chi connectivity index (χ1v) is 8.56. The van der Waals surface area contributed by atoms with Gasteiger partial charge >= 0.3 is 0 Å².